The van der Waals surface area contributed by atoms with E-state index in [1.54, 1.807) is 42.5 Å². The van der Waals surface area contributed by atoms with Crippen molar-refractivity contribution in [3.8, 4) is 11.5 Å². The summed E-state index contributed by atoms with van der Waals surface area (Å²) in [5.74, 6) is 0.907. The number of carbonyl (C=O) groups excluding carboxylic acids is 2. The zero-order chi connectivity index (χ0) is 19.3. The fourth-order valence-corrected chi connectivity index (χ4v) is 3.43. The highest BCUT2D eigenvalue weighted by atomic mass is 35.5. The number of amides is 2. The second kappa shape index (κ2) is 9.62. The number of piperidine rings is 1. The predicted molar refractivity (Wildman–Crippen MR) is 113 cm³/mol. The van der Waals surface area contributed by atoms with Gasteiger partial charge in [-0.1, -0.05) is 12.1 Å². The molecule has 0 radical (unpaired) electrons. The number of rotatable bonds is 4. The Hall–Kier alpha value is -2.77. The lowest BCUT2D eigenvalue weighted by Crippen LogP contribution is -2.35. The maximum atomic E-state index is 12.8. The molecule has 1 saturated heterocycles. The molecule has 3 N–H and O–H groups in total. The molecule has 0 aliphatic carbocycles. The molecule has 0 spiro atoms. The second-order valence-electron chi connectivity index (χ2n) is 6.87. The number of carbonyl (C=O) groups is 2. The van der Waals surface area contributed by atoms with Gasteiger partial charge in [0.05, 0.1) is 11.3 Å². The van der Waals surface area contributed by atoms with E-state index in [4.69, 9.17) is 9.47 Å². The van der Waals surface area contributed by atoms with E-state index < -0.39 is 0 Å². The minimum atomic E-state index is -0.294. The third-order valence-corrected chi connectivity index (χ3v) is 4.94. The lowest BCUT2D eigenvalue weighted by Gasteiger charge is -2.22. The predicted octanol–water partition coefficient (Wildman–Crippen LogP) is 3.07. The smallest absolute Gasteiger partial charge is 0.257 e. The highest BCUT2D eigenvalue weighted by molar-refractivity contribution is 6.10. The minimum absolute atomic E-state index is 0. The maximum Gasteiger partial charge on any atom is 0.257 e. The average molecular weight is 418 g/mol. The topological polar surface area (TPSA) is 88.7 Å². The van der Waals surface area contributed by atoms with Gasteiger partial charge in [-0.2, -0.15) is 0 Å². The molecule has 2 aromatic rings. The molecule has 1 fully saturated rings. The molecule has 2 aliphatic rings. The van der Waals surface area contributed by atoms with Gasteiger partial charge in [-0.05, 0) is 50.2 Å². The largest absolute Gasteiger partial charge is 0.486 e. The summed E-state index contributed by atoms with van der Waals surface area (Å²) in [7, 11) is 0. The monoisotopic (exact) mass is 417 g/mol. The number of fused-ring (bicyclic) bond motifs is 1. The number of hydrogen-bond acceptors (Lipinski definition) is 5. The van der Waals surface area contributed by atoms with Crippen LogP contribution >= 0.6 is 12.4 Å². The number of anilines is 2. The van der Waals surface area contributed by atoms with Crippen molar-refractivity contribution in [2.24, 2.45) is 5.92 Å². The first-order valence-electron chi connectivity index (χ1n) is 9.52. The summed E-state index contributed by atoms with van der Waals surface area (Å²) in [6.45, 7) is 2.67. The molecular weight excluding hydrogens is 394 g/mol. The Labute approximate surface area is 175 Å². The van der Waals surface area contributed by atoms with Crippen molar-refractivity contribution < 1.29 is 19.1 Å². The van der Waals surface area contributed by atoms with E-state index in [2.05, 4.69) is 16.0 Å². The molecule has 154 valence electrons. The first-order valence-corrected chi connectivity index (χ1v) is 9.52. The number of nitrogens with one attached hydrogen (secondary N) is 3. The summed E-state index contributed by atoms with van der Waals surface area (Å²) >= 11 is 0. The van der Waals surface area contributed by atoms with Gasteiger partial charge in [-0.3, -0.25) is 9.59 Å². The van der Waals surface area contributed by atoms with Crippen LogP contribution in [0, 0.1) is 5.92 Å². The van der Waals surface area contributed by atoms with Crippen LogP contribution in [0.3, 0.4) is 0 Å². The van der Waals surface area contributed by atoms with E-state index in [0.717, 1.165) is 25.9 Å². The summed E-state index contributed by atoms with van der Waals surface area (Å²) in [5.41, 5.74) is 1.54. The number of hydrogen-bond donors (Lipinski definition) is 3. The van der Waals surface area contributed by atoms with Crippen LogP contribution in [0.5, 0.6) is 11.5 Å². The molecule has 0 unspecified atom stereocenters. The van der Waals surface area contributed by atoms with Gasteiger partial charge < -0.3 is 25.4 Å². The normalized spacial score (nSPS) is 15.7. The van der Waals surface area contributed by atoms with Crippen molar-refractivity contribution in [1.82, 2.24) is 5.32 Å². The Morgan fingerprint density at radius 3 is 2.45 bits per heavy atom. The molecule has 2 heterocycles. The third-order valence-electron chi connectivity index (χ3n) is 4.94. The molecule has 4 rings (SSSR count). The van der Waals surface area contributed by atoms with Crippen LogP contribution in [-0.4, -0.2) is 38.1 Å². The summed E-state index contributed by atoms with van der Waals surface area (Å²) in [4.78, 5) is 25.4. The Bertz CT molecular complexity index is 884. The van der Waals surface area contributed by atoms with Crippen LogP contribution in [0.1, 0.15) is 23.2 Å². The first-order chi connectivity index (χ1) is 13.7. The molecule has 0 bridgehead atoms. The van der Waals surface area contributed by atoms with Gasteiger partial charge in [0.2, 0.25) is 5.91 Å². The Morgan fingerprint density at radius 2 is 1.66 bits per heavy atom. The number of benzene rings is 2. The van der Waals surface area contributed by atoms with Gasteiger partial charge in [-0.15, -0.1) is 12.4 Å². The van der Waals surface area contributed by atoms with E-state index in [0.29, 0.717) is 41.7 Å². The molecular formula is C21H24ClN3O4. The SMILES string of the molecule is Cl.O=C(Nc1ccc2c(c1)OCCO2)c1ccccc1NC(=O)C1CCNCC1. The highest BCUT2D eigenvalue weighted by Crippen LogP contribution is 2.33. The van der Waals surface area contributed by atoms with Gasteiger partial charge in [0, 0.05) is 17.7 Å². The van der Waals surface area contributed by atoms with Gasteiger partial charge in [0.25, 0.3) is 5.91 Å². The van der Waals surface area contributed by atoms with Crippen LogP contribution in [0.2, 0.25) is 0 Å². The summed E-state index contributed by atoms with van der Waals surface area (Å²) in [6, 6.07) is 12.3. The lowest BCUT2D eigenvalue weighted by molar-refractivity contribution is -0.120. The van der Waals surface area contributed by atoms with Gasteiger partial charge in [0.1, 0.15) is 13.2 Å². The fraction of sp³-hybridized carbons (Fsp3) is 0.333. The zero-order valence-electron chi connectivity index (χ0n) is 15.9. The van der Waals surface area contributed by atoms with Crippen LogP contribution in [-0.2, 0) is 4.79 Å². The third kappa shape index (κ3) is 4.99. The van der Waals surface area contributed by atoms with E-state index in [1.165, 1.54) is 0 Å². The molecule has 29 heavy (non-hydrogen) atoms. The second-order valence-corrected chi connectivity index (χ2v) is 6.87. The zero-order valence-corrected chi connectivity index (χ0v) is 16.7. The Balaban J connectivity index is 0.00000240. The van der Waals surface area contributed by atoms with Crippen LogP contribution in [0.25, 0.3) is 0 Å². The van der Waals surface area contributed by atoms with Crippen LogP contribution in [0.15, 0.2) is 42.5 Å². The Morgan fingerprint density at radius 1 is 0.931 bits per heavy atom. The molecule has 2 aliphatic heterocycles. The van der Waals surface area contributed by atoms with Crippen LogP contribution < -0.4 is 25.4 Å². The van der Waals surface area contributed by atoms with Crippen molar-refractivity contribution >= 4 is 35.6 Å². The highest BCUT2D eigenvalue weighted by Gasteiger charge is 2.22. The summed E-state index contributed by atoms with van der Waals surface area (Å²) < 4.78 is 11.1. The molecule has 2 amide bonds. The molecule has 0 atom stereocenters. The van der Waals surface area contributed by atoms with Crippen LogP contribution in [0.4, 0.5) is 11.4 Å². The van der Waals surface area contributed by atoms with Crippen molar-refractivity contribution in [3.05, 3.63) is 48.0 Å². The van der Waals surface area contributed by atoms with E-state index in [-0.39, 0.29) is 30.1 Å². The first kappa shape index (κ1) is 21.0. The standard InChI is InChI=1S/C21H23N3O4.ClH/c25-20(14-7-9-22-10-8-14)24-17-4-2-1-3-16(17)21(26)23-15-5-6-18-19(13-15)28-12-11-27-18;/h1-6,13-14,22H,7-12H2,(H,23,26)(H,24,25);1H. The van der Waals surface area contributed by atoms with E-state index in [1.807, 2.05) is 0 Å². The average Bonchev–Trinajstić information content (AvgIpc) is 2.74. The van der Waals surface area contributed by atoms with Gasteiger partial charge >= 0.3 is 0 Å². The number of halogens is 1. The maximum absolute atomic E-state index is 12.8. The molecule has 7 nitrogen and oxygen atoms in total. The van der Waals surface area contributed by atoms with E-state index in [9.17, 15) is 9.59 Å². The quantitative estimate of drug-likeness (QED) is 0.711. The van der Waals surface area contributed by atoms with Crippen molar-refractivity contribution in [2.75, 3.05) is 36.9 Å². The molecule has 0 aromatic heterocycles. The van der Waals surface area contributed by atoms with Crippen molar-refractivity contribution in [2.45, 2.75) is 12.8 Å². The lowest BCUT2D eigenvalue weighted by atomic mass is 9.97. The minimum Gasteiger partial charge on any atom is -0.486 e. The van der Waals surface area contributed by atoms with Crippen molar-refractivity contribution in [3.63, 3.8) is 0 Å². The van der Waals surface area contributed by atoms with E-state index >= 15 is 0 Å². The molecule has 8 heteroatoms. The summed E-state index contributed by atoms with van der Waals surface area (Å²) in [6.07, 6.45) is 1.61. The number of para-hydroxylation sites is 1. The van der Waals surface area contributed by atoms with Gasteiger partial charge in [-0.25, -0.2) is 0 Å². The molecule has 0 saturated carbocycles. The summed E-state index contributed by atoms with van der Waals surface area (Å²) in [5, 5.41) is 9.04. The number of ether oxygens (including phenoxy) is 2. The van der Waals surface area contributed by atoms with Gasteiger partial charge in [0.15, 0.2) is 11.5 Å². The Kier molecular flexibility index (Phi) is 6.95. The fourth-order valence-electron chi connectivity index (χ4n) is 3.43. The molecule has 2 aromatic carbocycles. The van der Waals surface area contributed by atoms with Crippen molar-refractivity contribution in [1.29, 1.82) is 0 Å².